The smallest absolute Gasteiger partial charge is 0.416 e. The van der Waals surface area contributed by atoms with E-state index in [-0.39, 0.29) is 17.9 Å². The van der Waals surface area contributed by atoms with Gasteiger partial charge in [0.05, 0.1) is 18.0 Å². The van der Waals surface area contributed by atoms with Gasteiger partial charge in [-0.3, -0.25) is 14.4 Å². The molecule has 280 valence electrons. The van der Waals surface area contributed by atoms with E-state index in [0.29, 0.717) is 43.5 Å². The van der Waals surface area contributed by atoms with E-state index in [2.05, 4.69) is 43.1 Å². The minimum atomic E-state index is -4.72. The molecule has 2 aromatic carbocycles. The lowest BCUT2D eigenvalue weighted by atomic mass is 9.86. The normalized spacial score (nSPS) is 18.0. The van der Waals surface area contributed by atoms with E-state index in [9.17, 15) is 32.7 Å². The van der Waals surface area contributed by atoms with Gasteiger partial charge in [0.1, 0.15) is 6.04 Å². The van der Waals surface area contributed by atoms with E-state index in [1.165, 1.54) is 29.2 Å². The van der Waals surface area contributed by atoms with Crippen LogP contribution in [0.2, 0.25) is 0 Å². The van der Waals surface area contributed by atoms with Gasteiger partial charge in [0.25, 0.3) is 5.56 Å². The number of alkyl halides is 3. The van der Waals surface area contributed by atoms with Crippen LogP contribution in [0.15, 0.2) is 41.3 Å². The predicted octanol–water partition coefficient (Wildman–Crippen LogP) is 8.46. The first-order chi connectivity index (χ1) is 24.6. The molecule has 2 aliphatic carbocycles. The number of carbonyl (C=O) groups excluding carboxylic acids is 1. The summed E-state index contributed by atoms with van der Waals surface area (Å²) in [5, 5.41) is 13.0. The minimum absolute atomic E-state index is 0.0499. The Kier molecular flexibility index (Phi) is 11.1. The highest BCUT2D eigenvalue weighted by Gasteiger charge is 2.39. The fraction of sp³-hybridized carbons (Fsp3) is 0.548. The minimum Gasteiger partial charge on any atom is -0.481 e. The molecule has 2 N–H and O–H groups in total. The van der Waals surface area contributed by atoms with Crippen molar-refractivity contribution in [3.8, 4) is 11.1 Å². The number of pyridine rings is 1. The molecule has 2 unspecified atom stereocenters. The van der Waals surface area contributed by atoms with Gasteiger partial charge < -0.3 is 19.9 Å². The molecule has 1 saturated heterocycles. The molecule has 2 heterocycles. The topological polar surface area (TPSA) is 91.6 Å². The van der Waals surface area contributed by atoms with Gasteiger partial charge in [0, 0.05) is 18.8 Å². The van der Waals surface area contributed by atoms with E-state index in [0.717, 1.165) is 59.2 Å². The lowest BCUT2D eigenvalue weighted by Gasteiger charge is -2.34. The van der Waals surface area contributed by atoms with Crippen molar-refractivity contribution in [1.29, 1.82) is 0 Å². The van der Waals surface area contributed by atoms with Crippen LogP contribution in [0.4, 0.5) is 13.2 Å². The monoisotopic (exact) mass is 719 g/mol. The summed E-state index contributed by atoms with van der Waals surface area (Å²) < 4.78 is 44.5. The number of benzene rings is 2. The number of likely N-dealkylation sites (tertiary alicyclic amines) is 1. The molecule has 1 aliphatic heterocycles. The average molecular weight is 720 g/mol. The first-order valence-corrected chi connectivity index (χ1v) is 18.9. The second-order valence-electron chi connectivity index (χ2n) is 16.0. The predicted molar refractivity (Wildman–Crippen MR) is 197 cm³/mol. The van der Waals surface area contributed by atoms with Crippen molar-refractivity contribution in [2.75, 3.05) is 19.6 Å². The average Bonchev–Trinajstić information content (AvgIpc) is 3.74. The zero-order valence-corrected chi connectivity index (χ0v) is 31.0. The van der Waals surface area contributed by atoms with Crippen molar-refractivity contribution in [1.82, 2.24) is 14.8 Å². The third-order valence-electron chi connectivity index (χ3n) is 11.3. The molecule has 0 spiro atoms. The number of nitrogens with one attached hydrogen (secondary N) is 1. The second-order valence-corrected chi connectivity index (χ2v) is 16.0. The highest BCUT2D eigenvalue weighted by Crippen LogP contribution is 2.41. The Balaban J connectivity index is 1.36. The van der Waals surface area contributed by atoms with Gasteiger partial charge in [-0.15, -0.1) is 0 Å². The number of hydrogen-bond acceptors (Lipinski definition) is 4. The second kappa shape index (κ2) is 15.2. The summed E-state index contributed by atoms with van der Waals surface area (Å²) >= 11 is 0. The van der Waals surface area contributed by atoms with Crippen molar-refractivity contribution < 1.29 is 27.9 Å². The number of fused-ring (bicyclic) bond motifs is 1. The van der Waals surface area contributed by atoms with E-state index < -0.39 is 53.6 Å². The molecule has 1 aromatic heterocycles. The molecule has 3 aromatic rings. The van der Waals surface area contributed by atoms with Gasteiger partial charge in [-0.1, -0.05) is 37.6 Å². The number of aryl methyl sites for hydroxylation is 4. The van der Waals surface area contributed by atoms with Gasteiger partial charge in [-0.25, -0.2) is 0 Å². The Morgan fingerprint density at radius 1 is 0.962 bits per heavy atom. The summed E-state index contributed by atoms with van der Waals surface area (Å²) in [6, 6.07) is 6.87. The summed E-state index contributed by atoms with van der Waals surface area (Å²) in [7, 11) is 0. The van der Waals surface area contributed by atoms with Crippen molar-refractivity contribution in [3.63, 3.8) is 0 Å². The Labute approximate surface area is 304 Å². The number of halogens is 3. The van der Waals surface area contributed by atoms with Crippen LogP contribution in [0.1, 0.15) is 121 Å². The van der Waals surface area contributed by atoms with Crippen molar-refractivity contribution >= 4 is 11.9 Å². The molecule has 7 nitrogen and oxygen atoms in total. The number of piperidine rings is 1. The maximum Gasteiger partial charge on any atom is 0.416 e. The summed E-state index contributed by atoms with van der Waals surface area (Å²) in [5.74, 6) is -1.49. The highest BCUT2D eigenvalue weighted by atomic mass is 19.4. The number of amides is 1. The lowest BCUT2D eigenvalue weighted by molar-refractivity contribution is -0.139. The van der Waals surface area contributed by atoms with E-state index in [1.54, 1.807) is 0 Å². The lowest BCUT2D eigenvalue weighted by Crippen LogP contribution is -2.41. The molecule has 2 fully saturated rings. The summed E-state index contributed by atoms with van der Waals surface area (Å²) in [4.78, 5) is 42.5. The Morgan fingerprint density at radius 3 is 2.23 bits per heavy atom. The summed E-state index contributed by atoms with van der Waals surface area (Å²) in [6.07, 6.45) is 2.56. The van der Waals surface area contributed by atoms with Crippen LogP contribution in [0, 0.1) is 32.6 Å². The van der Waals surface area contributed by atoms with Gasteiger partial charge >= 0.3 is 12.1 Å². The third kappa shape index (κ3) is 8.48. The van der Waals surface area contributed by atoms with Gasteiger partial charge in [-0.2, -0.15) is 13.2 Å². The molecular formula is C42H52F3N3O4. The van der Waals surface area contributed by atoms with Gasteiger partial charge in [0.15, 0.2) is 0 Å². The molecule has 6 rings (SSSR count). The molecule has 3 aliphatic rings. The van der Waals surface area contributed by atoms with Crippen LogP contribution in [0.3, 0.4) is 0 Å². The Morgan fingerprint density at radius 2 is 1.63 bits per heavy atom. The summed E-state index contributed by atoms with van der Waals surface area (Å²) in [5.41, 5.74) is 6.76. The van der Waals surface area contributed by atoms with Crippen molar-refractivity contribution in [2.24, 2.45) is 11.8 Å². The number of aromatic nitrogens is 1. The number of nitrogens with zero attached hydrogens (tertiary/aromatic N) is 2. The molecule has 1 saturated carbocycles. The van der Waals surface area contributed by atoms with Crippen LogP contribution in [0.25, 0.3) is 11.1 Å². The van der Waals surface area contributed by atoms with Crippen LogP contribution in [-0.2, 0) is 28.6 Å². The number of carboxylic acid groups (broad SMARTS) is 1. The zero-order valence-electron chi connectivity index (χ0n) is 31.0. The number of carboxylic acids is 1. The number of hydrogen-bond donors (Lipinski definition) is 2. The molecule has 10 heteroatoms. The van der Waals surface area contributed by atoms with Crippen molar-refractivity contribution in [2.45, 2.75) is 117 Å². The standard InChI is InChI=1S/C42H52F3N3O4/c1-24(2)15-37(48-23-34(35(20-38(48)49)42(43,44)45)29-11-13-47(14-12-29)22-28-9-10-28)41(52)46-36(21-39(50)51)31-18-30-7-6-8-32(30)33(19-31)40-26(4)16-25(3)17-27(40)5/h16-20,23-24,28-29,36-37H,6-15,21-22H2,1-5H3,(H,46,52)(H,50,51). The van der Waals surface area contributed by atoms with Crippen LogP contribution < -0.4 is 10.9 Å². The molecule has 2 atom stereocenters. The zero-order chi connectivity index (χ0) is 37.5. The molecule has 0 bridgehead atoms. The van der Waals surface area contributed by atoms with Crippen LogP contribution >= 0.6 is 0 Å². The summed E-state index contributed by atoms with van der Waals surface area (Å²) in [6.45, 7) is 12.3. The first-order valence-electron chi connectivity index (χ1n) is 18.9. The van der Waals surface area contributed by atoms with E-state index in [1.807, 2.05) is 26.0 Å². The number of aliphatic carboxylic acids is 1. The van der Waals surface area contributed by atoms with E-state index >= 15 is 0 Å². The maximum absolute atomic E-state index is 14.4. The quantitative estimate of drug-likeness (QED) is 0.196. The van der Waals surface area contributed by atoms with Crippen molar-refractivity contribution in [3.05, 3.63) is 91.4 Å². The van der Waals surface area contributed by atoms with Crippen LogP contribution in [-0.4, -0.2) is 46.1 Å². The third-order valence-corrected chi connectivity index (χ3v) is 11.3. The van der Waals surface area contributed by atoms with Gasteiger partial charge in [0.2, 0.25) is 5.91 Å². The maximum atomic E-state index is 14.4. The number of carbonyl (C=O) groups is 2. The Hall–Kier alpha value is -3.92. The highest BCUT2D eigenvalue weighted by molar-refractivity contribution is 5.82. The molecule has 1 amide bonds. The fourth-order valence-electron chi connectivity index (χ4n) is 8.72. The first kappa shape index (κ1) is 37.8. The SMILES string of the molecule is Cc1cc(C)c(-c2cc(C(CC(=O)O)NC(=O)C(CC(C)C)n3cc(C4CCN(CC5CC5)CC4)c(C(F)(F)F)cc3=O)cc3c2CCC3)c(C)c1. The molecule has 52 heavy (non-hydrogen) atoms. The van der Waals surface area contributed by atoms with Gasteiger partial charge in [-0.05, 0) is 154 Å². The molecule has 0 radical (unpaired) electrons. The fourth-order valence-corrected chi connectivity index (χ4v) is 8.72. The molecular weight excluding hydrogens is 667 g/mol. The van der Waals surface area contributed by atoms with E-state index in [4.69, 9.17) is 0 Å². The Bertz CT molecular complexity index is 1860. The number of rotatable bonds is 12. The van der Waals surface area contributed by atoms with Crippen LogP contribution in [0.5, 0.6) is 0 Å². The largest absolute Gasteiger partial charge is 0.481 e.